The number of phenols is 2. The molecular formula is C48H63MnN2O4-. The van der Waals surface area contributed by atoms with Gasteiger partial charge in [-0.15, -0.1) is 5.75 Å². The molecule has 1 aliphatic carbocycles. The zero-order valence-electron chi connectivity index (χ0n) is 35.1. The number of benzene rings is 4. The van der Waals surface area contributed by atoms with E-state index < -0.39 is 0 Å². The third-order valence-electron chi connectivity index (χ3n) is 9.93. The fourth-order valence-electron chi connectivity index (χ4n) is 6.44. The van der Waals surface area contributed by atoms with Gasteiger partial charge < -0.3 is 20.1 Å². The van der Waals surface area contributed by atoms with Crippen LogP contribution in [0.5, 0.6) is 28.7 Å². The zero-order chi connectivity index (χ0) is 40.1. The molecule has 0 spiro atoms. The molecule has 2 N–H and O–H groups in total. The fraction of sp³-hybridized carbons (Fsp3) is 0.458. The second-order valence-electron chi connectivity index (χ2n) is 18.8. The van der Waals surface area contributed by atoms with E-state index in [1.807, 2.05) is 42.8 Å². The second-order valence-corrected chi connectivity index (χ2v) is 18.8. The van der Waals surface area contributed by atoms with Gasteiger partial charge in [0.2, 0.25) is 0 Å². The van der Waals surface area contributed by atoms with Gasteiger partial charge in [0.1, 0.15) is 23.0 Å². The van der Waals surface area contributed by atoms with Gasteiger partial charge in [0, 0.05) is 51.8 Å². The number of phenolic OH excluding ortho intramolecular Hbond substituents is 2. The first kappa shape index (κ1) is 45.3. The molecule has 297 valence electrons. The van der Waals surface area contributed by atoms with Crippen molar-refractivity contribution in [3.05, 3.63) is 112 Å². The van der Waals surface area contributed by atoms with Crippen LogP contribution in [0.3, 0.4) is 0 Å². The Morgan fingerprint density at radius 3 is 1.31 bits per heavy atom. The molecule has 55 heavy (non-hydrogen) atoms. The molecule has 5 rings (SSSR count). The average Bonchev–Trinajstić information content (AvgIpc) is 3.07. The van der Waals surface area contributed by atoms with Crippen LogP contribution in [0.2, 0.25) is 0 Å². The molecule has 0 aromatic heterocycles. The molecule has 1 radical (unpaired) electrons. The van der Waals surface area contributed by atoms with E-state index >= 15 is 0 Å². The van der Waals surface area contributed by atoms with E-state index in [0.29, 0.717) is 17.2 Å². The first-order valence-electron chi connectivity index (χ1n) is 19.4. The number of hydrogen-bond acceptors (Lipinski definition) is 6. The summed E-state index contributed by atoms with van der Waals surface area (Å²) < 4.78 is 5.49. The van der Waals surface area contributed by atoms with Crippen molar-refractivity contribution in [2.75, 3.05) is 0 Å². The predicted octanol–water partition coefficient (Wildman–Crippen LogP) is 11.7. The summed E-state index contributed by atoms with van der Waals surface area (Å²) in [5.74, 6) is 2.07. The summed E-state index contributed by atoms with van der Waals surface area (Å²) in [6, 6.07) is 24.3. The fourth-order valence-corrected chi connectivity index (χ4v) is 6.44. The van der Waals surface area contributed by atoms with Crippen molar-refractivity contribution >= 4 is 12.4 Å². The van der Waals surface area contributed by atoms with Gasteiger partial charge in [-0.1, -0.05) is 138 Å². The summed E-state index contributed by atoms with van der Waals surface area (Å²) in [4.78, 5) is 10.1. The minimum Gasteiger partial charge on any atom is -0.872 e. The first-order chi connectivity index (χ1) is 25.0. The van der Waals surface area contributed by atoms with E-state index in [9.17, 15) is 15.3 Å². The molecule has 1 aliphatic rings. The molecule has 4 aromatic rings. The molecule has 1 saturated carbocycles. The molecule has 2 atom stereocenters. The molecule has 1 fully saturated rings. The zero-order valence-corrected chi connectivity index (χ0v) is 36.3. The Balaban J connectivity index is 0.000000451. The monoisotopic (exact) mass is 786 g/mol. The van der Waals surface area contributed by atoms with Crippen molar-refractivity contribution in [1.82, 2.24) is 0 Å². The summed E-state index contributed by atoms with van der Waals surface area (Å²) in [5, 5.41) is 33.3. The molecule has 0 amide bonds. The van der Waals surface area contributed by atoms with Crippen molar-refractivity contribution in [1.29, 1.82) is 0 Å². The van der Waals surface area contributed by atoms with Gasteiger partial charge in [0.15, 0.2) is 0 Å². The van der Waals surface area contributed by atoms with Gasteiger partial charge in [-0.25, -0.2) is 0 Å². The summed E-state index contributed by atoms with van der Waals surface area (Å²) in [7, 11) is 0. The van der Waals surface area contributed by atoms with Gasteiger partial charge >= 0.3 is 0 Å². The molecule has 6 nitrogen and oxygen atoms in total. The molecule has 0 heterocycles. The van der Waals surface area contributed by atoms with E-state index in [1.165, 1.54) is 23.3 Å². The first-order valence-corrected chi connectivity index (χ1v) is 19.4. The van der Waals surface area contributed by atoms with Crippen LogP contribution in [0.25, 0.3) is 0 Å². The topological polar surface area (TPSA) is 97.5 Å². The Morgan fingerprint density at radius 1 is 0.564 bits per heavy atom. The number of nitrogens with zero attached hydrogens (tertiary/aromatic N) is 2. The number of aromatic hydroxyl groups is 2. The Hall–Kier alpha value is -4.06. The van der Waals surface area contributed by atoms with Crippen molar-refractivity contribution in [2.45, 2.75) is 143 Å². The summed E-state index contributed by atoms with van der Waals surface area (Å²) in [6.07, 6.45) is 7.90. The largest absolute Gasteiger partial charge is 0.872 e. The molecule has 7 heteroatoms. The minimum atomic E-state index is -0.179. The maximum Gasteiger partial charge on any atom is 0.128 e. The van der Waals surface area contributed by atoms with Crippen molar-refractivity contribution in [3.63, 3.8) is 0 Å². The molecule has 0 bridgehead atoms. The molecule has 4 aromatic carbocycles. The van der Waals surface area contributed by atoms with Crippen LogP contribution >= 0.6 is 0 Å². The molecule has 2 unspecified atom stereocenters. The van der Waals surface area contributed by atoms with Gasteiger partial charge in [0.05, 0.1) is 12.1 Å². The van der Waals surface area contributed by atoms with E-state index in [4.69, 9.17) is 14.7 Å². The van der Waals surface area contributed by atoms with Crippen molar-refractivity contribution < 1.29 is 37.1 Å². The van der Waals surface area contributed by atoms with Crippen molar-refractivity contribution in [3.8, 4) is 28.7 Å². The van der Waals surface area contributed by atoms with Crippen LogP contribution < -0.4 is 9.84 Å². The Labute approximate surface area is 341 Å². The summed E-state index contributed by atoms with van der Waals surface area (Å²) >= 11 is 0. The summed E-state index contributed by atoms with van der Waals surface area (Å²) in [6.45, 7) is 26.0. The quantitative estimate of drug-likeness (QED) is 0.150. The Kier molecular flexibility index (Phi) is 15.0. The maximum absolute atomic E-state index is 11.2. The average molecular weight is 787 g/mol. The van der Waals surface area contributed by atoms with Gasteiger partial charge in [0.25, 0.3) is 0 Å². The Bertz CT molecular complexity index is 1810. The van der Waals surface area contributed by atoms with E-state index in [1.54, 1.807) is 12.1 Å². The van der Waals surface area contributed by atoms with Gasteiger partial charge in [-0.3, -0.25) is 9.98 Å². The van der Waals surface area contributed by atoms with Crippen LogP contribution in [-0.2, 0) is 38.7 Å². The number of hydrogen-bond donors (Lipinski definition) is 2. The SMILES string of the molecule is CC(C)(C)c1cc(C=NC2CCCCC2N=Cc2cc(C(C)(C)C)cc(C(C)(C)C)c2O)c(O)c(C(C)(C)C)c1.[Mn].[O-]c1ccc(Oc2ccccc2)cc1. The number of aliphatic imine (C=N–C) groups is 2. The van der Waals surface area contributed by atoms with Gasteiger partial charge in [-0.2, -0.15) is 0 Å². The van der Waals surface area contributed by atoms with Gasteiger partial charge in [-0.05, 0) is 82.0 Å². The number of para-hydroxylation sites is 1. The Morgan fingerprint density at radius 2 is 0.945 bits per heavy atom. The summed E-state index contributed by atoms with van der Waals surface area (Å²) in [5.41, 5.74) is 5.39. The number of rotatable bonds is 6. The van der Waals surface area contributed by atoms with E-state index in [-0.39, 0.29) is 56.6 Å². The third kappa shape index (κ3) is 12.7. The van der Waals surface area contributed by atoms with Crippen LogP contribution in [0.1, 0.15) is 142 Å². The van der Waals surface area contributed by atoms with Crippen LogP contribution in [0.15, 0.2) is 88.8 Å². The second kappa shape index (κ2) is 18.3. The van der Waals surface area contributed by atoms with E-state index in [2.05, 4.69) is 107 Å². The molecule has 0 saturated heterocycles. The smallest absolute Gasteiger partial charge is 0.128 e. The van der Waals surface area contributed by atoms with E-state index in [0.717, 1.165) is 53.7 Å². The normalized spacial score (nSPS) is 16.7. The maximum atomic E-state index is 11.2. The van der Waals surface area contributed by atoms with Crippen LogP contribution in [0.4, 0.5) is 0 Å². The molecule has 0 aliphatic heterocycles. The predicted molar refractivity (Wildman–Crippen MR) is 225 cm³/mol. The molecular weight excluding hydrogens is 723 g/mol. The minimum absolute atomic E-state index is 0. The number of ether oxygens (including phenoxy) is 1. The van der Waals surface area contributed by atoms with Crippen LogP contribution in [0, 0.1) is 0 Å². The van der Waals surface area contributed by atoms with Crippen molar-refractivity contribution in [2.24, 2.45) is 9.98 Å². The third-order valence-corrected chi connectivity index (χ3v) is 9.93. The standard InChI is InChI=1S/C36H54N2O2.C12H10O2.Mn/c1-33(2,3)25-17-23(31(39)27(19-25)35(7,8)9)21-37-29-15-13-14-16-30(29)38-22-24-18-26(34(4,5)6)20-28(32(24)40)36(10,11)12;13-10-6-8-12(9-7-10)14-11-4-2-1-3-5-11;/h17-22,29-30,39-40H,13-16H2,1-12H3;1-9,13H;/p-1. The van der Waals surface area contributed by atoms with Crippen LogP contribution in [-0.4, -0.2) is 34.7 Å².